The van der Waals surface area contributed by atoms with Crippen LogP contribution in [0, 0.1) is 0 Å². The van der Waals surface area contributed by atoms with Crippen LogP contribution in [0.25, 0.3) is 0 Å². The number of carbonyl (C=O) groups excluding carboxylic acids is 3. The normalized spacial score (nSPS) is 18.4. The van der Waals surface area contributed by atoms with Crippen LogP contribution in [0.5, 0.6) is 0 Å². The lowest BCUT2D eigenvalue weighted by Crippen LogP contribution is -2.42. The molecular formula is C24H23N3O3S. The number of aromatic nitrogens is 1. The second kappa shape index (κ2) is 8.81. The molecule has 2 aromatic heterocycles. The van der Waals surface area contributed by atoms with Crippen LogP contribution in [0.4, 0.5) is 0 Å². The van der Waals surface area contributed by atoms with E-state index in [4.69, 9.17) is 0 Å². The molecule has 0 spiro atoms. The molecule has 0 N–H and O–H groups in total. The van der Waals surface area contributed by atoms with Crippen LogP contribution in [0.1, 0.15) is 29.5 Å². The van der Waals surface area contributed by atoms with E-state index < -0.39 is 5.41 Å². The average Bonchev–Trinajstić information content (AvgIpc) is 3.38. The van der Waals surface area contributed by atoms with Crippen LogP contribution >= 0.6 is 11.3 Å². The summed E-state index contributed by atoms with van der Waals surface area (Å²) in [5.41, 5.74) is 1.37. The van der Waals surface area contributed by atoms with Crippen LogP contribution in [-0.4, -0.2) is 39.6 Å². The molecule has 0 saturated carbocycles. The molecule has 0 radical (unpaired) electrons. The first-order chi connectivity index (χ1) is 15.0. The molecule has 1 aromatic carbocycles. The predicted octanol–water partition coefficient (Wildman–Crippen LogP) is 3.39. The van der Waals surface area contributed by atoms with E-state index in [1.54, 1.807) is 47.8 Å². The van der Waals surface area contributed by atoms with Crippen LogP contribution in [0.15, 0.2) is 71.7 Å². The van der Waals surface area contributed by atoms with Crippen molar-refractivity contribution in [3.8, 4) is 0 Å². The van der Waals surface area contributed by atoms with Gasteiger partial charge in [-0.05, 0) is 45.6 Å². The molecule has 1 aliphatic rings. The summed E-state index contributed by atoms with van der Waals surface area (Å²) < 4.78 is 0. The predicted molar refractivity (Wildman–Crippen MR) is 118 cm³/mol. The van der Waals surface area contributed by atoms with Gasteiger partial charge in [0.25, 0.3) is 0 Å². The number of rotatable bonds is 7. The minimum absolute atomic E-state index is 0.0149. The molecule has 7 heteroatoms. The maximum Gasteiger partial charge on any atom is 0.241 e. The molecule has 6 nitrogen and oxygen atoms in total. The number of hydrogen-bond donors (Lipinski definition) is 0. The fraction of sp³-hybridized carbons (Fsp3) is 0.250. The maximum atomic E-state index is 13.6. The van der Waals surface area contributed by atoms with Gasteiger partial charge in [0.15, 0.2) is 0 Å². The first-order valence-electron chi connectivity index (χ1n) is 10.0. The van der Waals surface area contributed by atoms with Gasteiger partial charge in [-0.1, -0.05) is 30.3 Å². The molecule has 3 aromatic rings. The van der Waals surface area contributed by atoms with E-state index in [1.807, 2.05) is 47.2 Å². The SMILES string of the molecule is CN(Cc1ccsc1)C(=O)CC1(c2ccccc2)CC(=O)N(Cc2ccncc2)C1=O. The van der Waals surface area contributed by atoms with Gasteiger partial charge in [-0.3, -0.25) is 24.3 Å². The first kappa shape index (κ1) is 20.9. The molecule has 1 saturated heterocycles. The van der Waals surface area contributed by atoms with E-state index in [9.17, 15) is 14.4 Å². The Balaban J connectivity index is 1.62. The molecule has 3 amide bonds. The lowest BCUT2D eigenvalue weighted by Gasteiger charge is -2.29. The molecule has 1 aliphatic heterocycles. The Hall–Kier alpha value is -3.32. The van der Waals surface area contributed by atoms with Crippen molar-refractivity contribution in [2.45, 2.75) is 31.3 Å². The quantitative estimate of drug-likeness (QED) is 0.536. The van der Waals surface area contributed by atoms with Crippen molar-refractivity contribution in [1.29, 1.82) is 0 Å². The molecule has 1 atom stereocenters. The Morgan fingerprint density at radius 1 is 1.10 bits per heavy atom. The molecule has 1 unspecified atom stereocenters. The maximum absolute atomic E-state index is 13.6. The van der Waals surface area contributed by atoms with Gasteiger partial charge >= 0.3 is 0 Å². The molecule has 0 aliphatic carbocycles. The van der Waals surface area contributed by atoms with Crippen molar-refractivity contribution in [2.75, 3.05) is 7.05 Å². The summed E-state index contributed by atoms with van der Waals surface area (Å²) in [4.78, 5) is 46.6. The second-order valence-corrected chi connectivity index (χ2v) is 8.60. The number of pyridine rings is 1. The zero-order chi connectivity index (χ0) is 21.8. The first-order valence-corrected chi connectivity index (χ1v) is 11.0. The second-order valence-electron chi connectivity index (χ2n) is 7.82. The number of likely N-dealkylation sites (tertiary alicyclic amines) is 1. The third kappa shape index (κ3) is 4.27. The summed E-state index contributed by atoms with van der Waals surface area (Å²) in [5.74, 6) is -0.751. The fourth-order valence-corrected chi connectivity index (χ4v) is 4.65. The van der Waals surface area contributed by atoms with Gasteiger partial charge in [-0.15, -0.1) is 0 Å². The molecule has 158 valence electrons. The van der Waals surface area contributed by atoms with Gasteiger partial charge < -0.3 is 4.90 Å². The van der Waals surface area contributed by atoms with Crippen molar-refractivity contribution in [1.82, 2.24) is 14.8 Å². The van der Waals surface area contributed by atoms with Crippen LogP contribution in [0.3, 0.4) is 0 Å². The number of hydrogen-bond acceptors (Lipinski definition) is 5. The minimum atomic E-state index is -1.19. The van der Waals surface area contributed by atoms with E-state index in [-0.39, 0.29) is 37.1 Å². The summed E-state index contributed by atoms with van der Waals surface area (Å²) in [7, 11) is 1.73. The number of benzene rings is 1. The Morgan fingerprint density at radius 2 is 1.84 bits per heavy atom. The van der Waals surface area contributed by atoms with Gasteiger partial charge in [0.05, 0.1) is 12.0 Å². The number of amides is 3. The Kier molecular flexibility index (Phi) is 5.95. The third-order valence-electron chi connectivity index (χ3n) is 5.70. The smallest absolute Gasteiger partial charge is 0.241 e. The zero-order valence-electron chi connectivity index (χ0n) is 17.2. The minimum Gasteiger partial charge on any atom is -0.341 e. The van der Waals surface area contributed by atoms with Gasteiger partial charge in [0.2, 0.25) is 17.7 Å². The Morgan fingerprint density at radius 3 is 2.52 bits per heavy atom. The van der Waals surface area contributed by atoms with Gasteiger partial charge in [0.1, 0.15) is 0 Å². The van der Waals surface area contributed by atoms with Gasteiger partial charge in [0, 0.05) is 38.8 Å². The molecule has 4 rings (SSSR count). The number of thiophene rings is 1. The monoisotopic (exact) mass is 433 g/mol. The number of nitrogens with zero attached hydrogens (tertiary/aromatic N) is 3. The summed E-state index contributed by atoms with van der Waals surface area (Å²) >= 11 is 1.58. The van der Waals surface area contributed by atoms with Crippen molar-refractivity contribution in [3.05, 3.63) is 88.4 Å². The van der Waals surface area contributed by atoms with Crippen LogP contribution in [-0.2, 0) is 32.9 Å². The topological polar surface area (TPSA) is 70.6 Å². The third-order valence-corrected chi connectivity index (χ3v) is 6.44. The van der Waals surface area contributed by atoms with E-state index in [0.29, 0.717) is 12.1 Å². The van der Waals surface area contributed by atoms with Gasteiger partial charge in [-0.25, -0.2) is 0 Å². The lowest BCUT2D eigenvalue weighted by molar-refractivity contribution is -0.143. The molecule has 31 heavy (non-hydrogen) atoms. The summed E-state index contributed by atoms with van der Waals surface area (Å²) in [6, 6.07) is 14.7. The van der Waals surface area contributed by atoms with E-state index in [2.05, 4.69) is 4.98 Å². The van der Waals surface area contributed by atoms with Crippen molar-refractivity contribution in [3.63, 3.8) is 0 Å². The highest BCUT2D eigenvalue weighted by Crippen LogP contribution is 2.40. The fourth-order valence-electron chi connectivity index (χ4n) is 3.99. The largest absolute Gasteiger partial charge is 0.341 e. The summed E-state index contributed by atoms with van der Waals surface area (Å²) in [6.45, 7) is 0.643. The Bertz CT molecular complexity index is 1070. The highest BCUT2D eigenvalue weighted by molar-refractivity contribution is 7.07. The van der Waals surface area contributed by atoms with Crippen molar-refractivity contribution < 1.29 is 14.4 Å². The number of carbonyl (C=O) groups is 3. The van der Waals surface area contributed by atoms with Crippen LogP contribution < -0.4 is 0 Å². The highest BCUT2D eigenvalue weighted by atomic mass is 32.1. The average molecular weight is 434 g/mol. The van der Waals surface area contributed by atoms with Gasteiger partial charge in [-0.2, -0.15) is 11.3 Å². The van der Waals surface area contributed by atoms with Crippen molar-refractivity contribution >= 4 is 29.1 Å². The molecular weight excluding hydrogens is 410 g/mol. The van der Waals surface area contributed by atoms with E-state index in [1.165, 1.54) is 4.90 Å². The molecule has 1 fully saturated rings. The Labute approximate surface area is 185 Å². The molecule has 0 bridgehead atoms. The highest BCUT2D eigenvalue weighted by Gasteiger charge is 2.53. The number of imide groups is 1. The van der Waals surface area contributed by atoms with Crippen LogP contribution in [0.2, 0.25) is 0 Å². The zero-order valence-corrected chi connectivity index (χ0v) is 18.0. The summed E-state index contributed by atoms with van der Waals surface area (Å²) in [6.07, 6.45) is 3.20. The van der Waals surface area contributed by atoms with E-state index >= 15 is 0 Å². The lowest BCUT2D eigenvalue weighted by atomic mass is 9.75. The summed E-state index contributed by atoms with van der Waals surface area (Å²) in [5, 5.41) is 3.96. The molecule has 3 heterocycles. The standard InChI is InChI=1S/C24H23N3O3S/c1-26(15-19-9-12-31-17-19)21(28)13-24(20-5-3-2-4-6-20)14-22(29)27(23(24)30)16-18-7-10-25-11-8-18/h2-12,17H,13-16H2,1H3. The van der Waals surface area contributed by atoms with Crippen molar-refractivity contribution in [2.24, 2.45) is 0 Å². The van der Waals surface area contributed by atoms with E-state index in [0.717, 1.165) is 11.1 Å².